The zero-order valence-corrected chi connectivity index (χ0v) is 17.6. The van der Waals surface area contributed by atoms with Crippen molar-refractivity contribution in [3.8, 4) is 17.1 Å². The fraction of sp³-hybridized carbons (Fsp3) is 0.348. The van der Waals surface area contributed by atoms with Gasteiger partial charge in [0.1, 0.15) is 5.75 Å². The molecule has 1 saturated heterocycles. The first-order valence-corrected chi connectivity index (χ1v) is 10.1. The number of carbonyl (C=O) groups excluding carboxylic acids is 1. The molecular formula is C23H26N4O3. The highest BCUT2D eigenvalue weighted by molar-refractivity contribution is 5.96. The van der Waals surface area contributed by atoms with Crippen LogP contribution in [0.15, 0.2) is 47.0 Å². The number of hydrogen-bond donors (Lipinski definition) is 0. The van der Waals surface area contributed by atoms with Gasteiger partial charge in [0, 0.05) is 37.3 Å². The average Bonchev–Trinajstić information content (AvgIpc) is 3.24. The maximum atomic E-state index is 12.9. The number of rotatable bonds is 5. The van der Waals surface area contributed by atoms with Gasteiger partial charge in [0.15, 0.2) is 0 Å². The summed E-state index contributed by atoms with van der Waals surface area (Å²) >= 11 is 0. The van der Waals surface area contributed by atoms with Crippen LogP contribution in [-0.4, -0.2) is 59.1 Å². The van der Waals surface area contributed by atoms with E-state index in [4.69, 9.17) is 9.26 Å². The van der Waals surface area contributed by atoms with Crippen molar-refractivity contribution in [3.05, 3.63) is 65.0 Å². The first kappa shape index (κ1) is 20.1. The van der Waals surface area contributed by atoms with Crippen molar-refractivity contribution in [1.82, 2.24) is 19.9 Å². The van der Waals surface area contributed by atoms with E-state index in [9.17, 15) is 4.79 Å². The smallest absolute Gasteiger partial charge is 0.254 e. The van der Waals surface area contributed by atoms with Gasteiger partial charge in [-0.3, -0.25) is 9.69 Å². The van der Waals surface area contributed by atoms with Crippen LogP contribution in [0, 0.1) is 13.8 Å². The molecular weight excluding hydrogens is 380 g/mol. The number of amides is 1. The van der Waals surface area contributed by atoms with Crippen molar-refractivity contribution < 1.29 is 14.1 Å². The van der Waals surface area contributed by atoms with Gasteiger partial charge >= 0.3 is 0 Å². The topological polar surface area (TPSA) is 71.7 Å². The molecule has 7 heteroatoms. The summed E-state index contributed by atoms with van der Waals surface area (Å²) < 4.78 is 10.6. The van der Waals surface area contributed by atoms with Gasteiger partial charge in [0.05, 0.1) is 13.7 Å². The van der Waals surface area contributed by atoms with Gasteiger partial charge in [-0.2, -0.15) is 4.98 Å². The van der Waals surface area contributed by atoms with Gasteiger partial charge in [-0.25, -0.2) is 0 Å². The number of aryl methyl sites for hydroxylation is 1. The van der Waals surface area contributed by atoms with Crippen molar-refractivity contribution >= 4 is 5.91 Å². The van der Waals surface area contributed by atoms with E-state index in [1.54, 1.807) is 7.11 Å². The van der Waals surface area contributed by atoms with Crippen LogP contribution >= 0.6 is 0 Å². The van der Waals surface area contributed by atoms with Crippen LogP contribution < -0.4 is 4.74 Å². The molecule has 0 radical (unpaired) electrons. The Bertz CT molecular complexity index is 1020. The molecule has 1 aliphatic heterocycles. The van der Waals surface area contributed by atoms with Crippen LogP contribution in [0.5, 0.6) is 5.75 Å². The van der Waals surface area contributed by atoms with E-state index < -0.39 is 0 Å². The summed E-state index contributed by atoms with van der Waals surface area (Å²) in [7, 11) is 1.64. The van der Waals surface area contributed by atoms with Crippen LogP contribution in [0.1, 0.15) is 27.4 Å². The highest BCUT2D eigenvalue weighted by Crippen LogP contribution is 2.21. The molecule has 0 N–H and O–H groups in total. The molecule has 1 aliphatic rings. The summed E-state index contributed by atoms with van der Waals surface area (Å²) in [6.45, 7) is 7.54. The summed E-state index contributed by atoms with van der Waals surface area (Å²) in [4.78, 5) is 21.6. The van der Waals surface area contributed by atoms with Crippen molar-refractivity contribution in [3.63, 3.8) is 0 Å². The maximum Gasteiger partial charge on any atom is 0.254 e. The van der Waals surface area contributed by atoms with Crippen molar-refractivity contribution in [2.75, 3.05) is 33.3 Å². The number of methoxy groups -OCH3 is 1. The molecule has 156 valence electrons. The molecule has 1 fully saturated rings. The molecule has 1 amide bonds. The van der Waals surface area contributed by atoms with E-state index in [1.807, 2.05) is 61.2 Å². The fourth-order valence-electron chi connectivity index (χ4n) is 3.63. The molecule has 0 aliphatic carbocycles. The molecule has 0 unspecified atom stereocenters. The summed E-state index contributed by atoms with van der Waals surface area (Å²) in [6, 6.07) is 13.5. The molecule has 1 aromatic heterocycles. The molecule has 0 spiro atoms. The van der Waals surface area contributed by atoms with Crippen molar-refractivity contribution in [2.45, 2.75) is 20.4 Å². The second kappa shape index (κ2) is 8.67. The zero-order valence-electron chi connectivity index (χ0n) is 17.6. The monoisotopic (exact) mass is 406 g/mol. The van der Waals surface area contributed by atoms with E-state index >= 15 is 0 Å². The number of nitrogens with zero attached hydrogens (tertiary/aromatic N) is 4. The molecule has 30 heavy (non-hydrogen) atoms. The number of aromatic nitrogens is 2. The Kier molecular flexibility index (Phi) is 5.81. The lowest BCUT2D eigenvalue weighted by molar-refractivity contribution is 0.0614. The summed E-state index contributed by atoms with van der Waals surface area (Å²) in [5.41, 5.74) is 3.88. The largest absolute Gasteiger partial charge is 0.497 e. The SMILES string of the molecule is COc1ccc(-c2noc(CN3CCN(C(=O)c4cccc(C)c4C)CC3)n2)cc1. The Morgan fingerprint density at radius 1 is 1.07 bits per heavy atom. The molecule has 3 aromatic rings. The van der Waals surface area contributed by atoms with E-state index in [2.05, 4.69) is 15.0 Å². The summed E-state index contributed by atoms with van der Waals surface area (Å²) in [5, 5.41) is 4.09. The number of carbonyl (C=O) groups is 1. The minimum atomic E-state index is 0.107. The standard InChI is InChI=1S/C23H26N4O3/c1-16-5-4-6-20(17(16)2)23(28)27-13-11-26(12-14-27)15-21-24-22(25-30-21)18-7-9-19(29-3)10-8-18/h4-10H,11-15H2,1-3H3. The van der Waals surface area contributed by atoms with E-state index in [0.717, 1.165) is 41.1 Å². The summed E-state index contributed by atoms with van der Waals surface area (Å²) in [5.74, 6) is 2.04. The maximum absolute atomic E-state index is 12.9. The fourth-order valence-corrected chi connectivity index (χ4v) is 3.63. The Morgan fingerprint density at radius 3 is 2.50 bits per heavy atom. The lowest BCUT2D eigenvalue weighted by Crippen LogP contribution is -2.48. The van der Waals surface area contributed by atoms with Gasteiger partial charge in [0.2, 0.25) is 11.7 Å². The molecule has 2 aromatic carbocycles. The number of benzene rings is 2. The molecule has 0 saturated carbocycles. The Morgan fingerprint density at radius 2 is 1.80 bits per heavy atom. The number of piperazine rings is 1. The zero-order chi connectivity index (χ0) is 21.1. The highest BCUT2D eigenvalue weighted by atomic mass is 16.5. The third-order valence-corrected chi connectivity index (χ3v) is 5.67. The van der Waals surface area contributed by atoms with Crippen LogP contribution in [-0.2, 0) is 6.54 Å². The third kappa shape index (κ3) is 4.21. The second-order valence-corrected chi connectivity index (χ2v) is 7.56. The second-order valence-electron chi connectivity index (χ2n) is 7.56. The lowest BCUT2D eigenvalue weighted by atomic mass is 10.0. The molecule has 4 rings (SSSR count). The summed E-state index contributed by atoms with van der Waals surface area (Å²) in [6.07, 6.45) is 0. The molecule has 0 bridgehead atoms. The van der Waals surface area contributed by atoms with Gasteiger partial charge in [-0.15, -0.1) is 0 Å². The van der Waals surface area contributed by atoms with Gasteiger partial charge in [-0.1, -0.05) is 17.3 Å². The first-order valence-electron chi connectivity index (χ1n) is 10.1. The van der Waals surface area contributed by atoms with Crippen molar-refractivity contribution in [1.29, 1.82) is 0 Å². The van der Waals surface area contributed by atoms with Crippen LogP contribution in [0.3, 0.4) is 0 Å². The van der Waals surface area contributed by atoms with Crippen molar-refractivity contribution in [2.24, 2.45) is 0 Å². The van der Waals surface area contributed by atoms with Crippen LogP contribution in [0.4, 0.5) is 0 Å². The molecule has 0 atom stereocenters. The average molecular weight is 406 g/mol. The Labute approximate surface area is 176 Å². The number of ether oxygens (including phenoxy) is 1. The third-order valence-electron chi connectivity index (χ3n) is 5.67. The van der Waals surface area contributed by atoms with Crippen LogP contribution in [0.25, 0.3) is 11.4 Å². The van der Waals surface area contributed by atoms with E-state index in [-0.39, 0.29) is 5.91 Å². The first-order chi connectivity index (χ1) is 14.5. The molecule has 2 heterocycles. The van der Waals surface area contributed by atoms with Gasteiger partial charge < -0.3 is 14.2 Å². The van der Waals surface area contributed by atoms with Gasteiger partial charge in [-0.05, 0) is 55.3 Å². The highest BCUT2D eigenvalue weighted by Gasteiger charge is 2.24. The predicted molar refractivity (Wildman–Crippen MR) is 113 cm³/mol. The number of hydrogen-bond acceptors (Lipinski definition) is 6. The lowest BCUT2D eigenvalue weighted by Gasteiger charge is -2.34. The van der Waals surface area contributed by atoms with Gasteiger partial charge in [0.25, 0.3) is 5.91 Å². The van der Waals surface area contributed by atoms with E-state index in [1.165, 1.54) is 0 Å². The molecule has 7 nitrogen and oxygen atoms in total. The van der Waals surface area contributed by atoms with E-state index in [0.29, 0.717) is 31.3 Å². The minimum Gasteiger partial charge on any atom is -0.497 e. The minimum absolute atomic E-state index is 0.107. The van der Waals surface area contributed by atoms with Crippen LogP contribution in [0.2, 0.25) is 0 Å². The normalized spacial score (nSPS) is 14.7. The Balaban J connectivity index is 1.34. The Hall–Kier alpha value is -3.19. The predicted octanol–water partition coefficient (Wildman–Crippen LogP) is 3.32. The quantitative estimate of drug-likeness (QED) is 0.647.